The number of fused-ring (bicyclic) bond motifs is 1. The lowest BCUT2D eigenvalue weighted by Crippen LogP contribution is -2.15. The van der Waals surface area contributed by atoms with E-state index in [2.05, 4.69) is 15.3 Å². The topological polar surface area (TPSA) is 57.8 Å². The number of rotatable bonds is 1. The maximum Gasteiger partial charge on any atom is 0.255 e. The summed E-state index contributed by atoms with van der Waals surface area (Å²) in [6.07, 6.45) is 0. The third-order valence-electron chi connectivity index (χ3n) is 2.74. The molecule has 2 N–H and O–H groups in total. The van der Waals surface area contributed by atoms with Gasteiger partial charge in [-0.15, -0.1) is 12.4 Å². The van der Waals surface area contributed by atoms with Crippen molar-refractivity contribution in [2.45, 2.75) is 13.1 Å². The molecule has 0 saturated heterocycles. The van der Waals surface area contributed by atoms with Crippen LogP contribution >= 0.6 is 12.4 Å². The van der Waals surface area contributed by atoms with Crippen molar-refractivity contribution in [2.75, 3.05) is 0 Å². The molecule has 2 aromatic rings. The van der Waals surface area contributed by atoms with Crippen molar-refractivity contribution >= 4 is 12.4 Å². The van der Waals surface area contributed by atoms with Crippen LogP contribution in [0.1, 0.15) is 11.3 Å². The second-order valence-electron chi connectivity index (χ2n) is 3.81. The van der Waals surface area contributed by atoms with Gasteiger partial charge in [-0.1, -0.05) is 30.3 Å². The highest BCUT2D eigenvalue weighted by atomic mass is 35.5. The van der Waals surface area contributed by atoms with Gasteiger partial charge in [0.1, 0.15) is 5.82 Å². The van der Waals surface area contributed by atoms with E-state index >= 15 is 0 Å². The molecule has 0 saturated carbocycles. The standard InChI is InChI=1S/C12H11N3O.ClH/c16-12-9-6-13-7-10(9)14-11(15-12)8-4-2-1-3-5-8;/h1-5,13H,6-7H2,(H,14,15,16);1H. The van der Waals surface area contributed by atoms with E-state index in [1.807, 2.05) is 30.3 Å². The number of nitrogens with one attached hydrogen (secondary N) is 2. The van der Waals surface area contributed by atoms with Crippen molar-refractivity contribution < 1.29 is 0 Å². The van der Waals surface area contributed by atoms with Crippen molar-refractivity contribution in [3.8, 4) is 11.4 Å². The summed E-state index contributed by atoms with van der Waals surface area (Å²) in [5, 5.41) is 3.12. The van der Waals surface area contributed by atoms with Gasteiger partial charge in [-0.3, -0.25) is 4.79 Å². The number of halogens is 1. The van der Waals surface area contributed by atoms with E-state index in [0.717, 1.165) is 16.8 Å². The zero-order valence-corrected chi connectivity index (χ0v) is 9.88. The van der Waals surface area contributed by atoms with Crippen LogP contribution in [0.3, 0.4) is 0 Å². The highest BCUT2D eigenvalue weighted by Crippen LogP contribution is 2.15. The lowest BCUT2D eigenvalue weighted by Gasteiger charge is -2.02. The minimum atomic E-state index is -0.0335. The lowest BCUT2D eigenvalue weighted by molar-refractivity contribution is 0.757. The molecule has 1 aliphatic rings. The van der Waals surface area contributed by atoms with E-state index in [4.69, 9.17) is 0 Å². The van der Waals surface area contributed by atoms with Gasteiger partial charge in [0.05, 0.1) is 11.3 Å². The molecule has 1 aromatic carbocycles. The van der Waals surface area contributed by atoms with Crippen molar-refractivity contribution in [2.24, 2.45) is 0 Å². The molecule has 0 unspecified atom stereocenters. The third-order valence-corrected chi connectivity index (χ3v) is 2.74. The summed E-state index contributed by atoms with van der Waals surface area (Å²) < 4.78 is 0. The van der Waals surface area contributed by atoms with Crippen molar-refractivity contribution in [1.82, 2.24) is 15.3 Å². The number of H-pyrrole nitrogens is 1. The van der Waals surface area contributed by atoms with Gasteiger partial charge in [-0.2, -0.15) is 0 Å². The fourth-order valence-electron chi connectivity index (χ4n) is 1.91. The molecule has 0 aliphatic carbocycles. The molecular weight excluding hydrogens is 238 g/mol. The van der Waals surface area contributed by atoms with E-state index in [1.54, 1.807) is 0 Å². The second kappa shape index (κ2) is 4.69. The molecule has 0 fully saturated rings. The number of hydrogen-bond acceptors (Lipinski definition) is 3. The Morgan fingerprint density at radius 1 is 1.12 bits per heavy atom. The number of nitrogens with zero attached hydrogens (tertiary/aromatic N) is 1. The normalized spacial score (nSPS) is 12.9. The van der Waals surface area contributed by atoms with Gasteiger partial charge in [0.25, 0.3) is 5.56 Å². The molecule has 0 amide bonds. The van der Waals surface area contributed by atoms with Gasteiger partial charge in [0.2, 0.25) is 0 Å². The van der Waals surface area contributed by atoms with E-state index in [1.165, 1.54) is 0 Å². The van der Waals surface area contributed by atoms with Gasteiger partial charge >= 0.3 is 0 Å². The van der Waals surface area contributed by atoms with Crippen molar-refractivity contribution in [3.05, 3.63) is 51.9 Å². The maximum absolute atomic E-state index is 11.8. The molecule has 1 aromatic heterocycles. The van der Waals surface area contributed by atoms with E-state index in [0.29, 0.717) is 18.9 Å². The monoisotopic (exact) mass is 249 g/mol. The van der Waals surface area contributed by atoms with Gasteiger partial charge in [-0.05, 0) is 0 Å². The van der Waals surface area contributed by atoms with Crippen LogP contribution in [-0.2, 0) is 13.1 Å². The van der Waals surface area contributed by atoms with Crippen LogP contribution in [0, 0.1) is 0 Å². The first kappa shape index (κ1) is 11.8. The van der Waals surface area contributed by atoms with E-state index in [9.17, 15) is 4.79 Å². The van der Waals surface area contributed by atoms with Gasteiger partial charge in [-0.25, -0.2) is 4.98 Å². The molecule has 0 spiro atoms. The number of hydrogen-bond donors (Lipinski definition) is 2. The van der Waals surface area contributed by atoms with Crippen LogP contribution in [0.5, 0.6) is 0 Å². The van der Waals surface area contributed by atoms with Gasteiger partial charge < -0.3 is 10.3 Å². The molecular formula is C12H12ClN3O. The molecule has 4 nitrogen and oxygen atoms in total. The predicted molar refractivity (Wildman–Crippen MR) is 68.1 cm³/mol. The van der Waals surface area contributed by atoms with Crippen LogP contribution in [0.2, 0.25) is 0 Å². The van der Waals surface area contributed by atoms with E-state index < -0.39 is 0 Å². The number of benzene rings is 1. The Bertz CT molecular complexity index is 580. The van der Waals surface area contributed by atoms with Gasteiger partial charge in [0.15, 0.2) is 0 Å². The summed E-state index contributed by atoms with van der Waals surface area (Å²) in [6, 6.07) is 9.68. The summed E-state index contributed by atoms with van der Waals surface area (Å²) in [5.41, 5.74) is 2.53. The molecule has 0 radical (unpaired) electrons. The Kier molecular flexibility index (Phi) is 3.26. The Morgan fingerprint density at radius 3 is 2.65 bits per heavy atom. The fourth-order valence-corrected chi connectivity index (χ4v) is 1.91. The summed E-state index contributed by atoms with van der Waals surface area (Å²) in [4.78, 5) is 19.1. The Labute approximate surface area is 105 Å². The van der Waals surface area contributed by atoms with Crippen LogP contribution in [0.25, 0.3) is 11.4 Å². The average molecular weight is 250 g/mol. The van der Waals surface area contributed by atoms with E-state index in [-0.39, 0.29) is 18.0 Å². The van der Waals surface area contributed by atoms with Crippen molar-refractivity contribution in [1.29, 1.82) is 0 Å². The Balaban J connectivity index is 0.00000108. The fraction of sp³-hybridized carbons (Fsp3) is 0.167. The summed E-state index contributed by atoms with van der Waals surface area (Å²) in [5.74, 6) is 0.646. The second-order valence-corrected chi connectivity index (χ2v) is 3.81. The van der Waals surface area contributed by atoms with Gasteiger partial charge in [0, 0.05) is 18.7 Å². The third kappa shape index (κ3) is 2.09. The summed E-state index contributed by atoms with van der Waals surface area (Å²) in [7, 11) is 0. The SMILES string of the molecule is Cl.O=c1[nH]c(-c2ccccc2)nc2c1CNC2. The first-order chi connectivity index (χ1) is 7.84. The smallest absolute Gasteiger partial charge is 0.255 e. The highest BCUT2D eigenvalue weighted by molar-refractivity contribution is 5.85. The molecule has 2 heterocycles. The quantitative estimate of drug-likeness (QED) is 0.805. The van der Waals surface area contributed by atoms with Crippen LogP contribution in [0.4, 0.5) is 0 Å². The maximum atomic E-state index is 11.8. The minimum absolute atomic E-state index is 0. The molecule has 5 heteroatoms. The van der Waals surface area contributed by atoms with Crippen LogP contribution in [-0.4, -0.2) is 9.97 Å². The molecule has 1 aliphatic heterocycles. The van der Waals surface area contributed by atoms with Crippen molar-refractivity contribution in [3.63, 3.8) is 0 Å². The first-order valence-electron chi connectivity index (χ1n) is 5.23. The minimum Gasteiger partial charge on any atom is -0.307 e. The predicted octanol–water partition coefficient (Wildman–Crippen LogP) is 1.46. The largest absolute Gasteiger partial charge is 0.307 e. The summed E-state index contributed by atoms with van der Waals surface area (Å²) >= 11 is 0. The lowest BCUT2D eigenvalue weighted by atomic mass is 10.2. The molecule has 88 valence electrons. The number of aromatic amines is 1. The molecule has 0 bridgehead atoms. The zero-order chi connectivity index (χ0) is 11.0. The Hall–Kier alpha value is -1.65. The molecule has 0 atom stereocenters. The number of aromatic nitrogens is 2. The summed E-state index contributed by atoms with van der Waals surface area (Å²) in [6.45, 7) is 1.30. The average Bonchev–Trinajstić information content (AvgIpc) is 2.79. The zero-order valence-electron chi connectivity index (χ0n) is 9.06. The molecule has 17 heavy (non-hydrogen) atoms. The first-order valence-corrected chi connectivity index (χ1v) is 5.23. The Morgan fingerprint density at radius 2 is 1.88 bits per heavy atom. The van der Waals surface area contributed by atoms with Crippen LogP contribution in [0.15, 0.2) is 35.1 Å². The highest BCUT2D eigenvalue weighted by Gasteiger charge is 2.16. The molecule has 3 rings (SSSR count). The van der Waals surface area contributed by atoms with Crippen LogP contribution < -0.4 is 10.9 Å².